The van der Waals surface area contributed by atoms with Gasteiger partial charge in [-0.15, -0.1) is 0 Å². The monoisotopic (exact) mass is 479 g/mol. The SMILES string of the molecule is Cc1ccc(NC(=O)N2c3ccccc3CCC2CN2CCN(c3cccc4[nH]ccc34)CC2)cc1. The molecule has 0 radical (unpaired) electrons. The van der Waals surface area contributed by atoms with Gasteiger partial charge in [0.1, 0.15) is 0 Å². The van der Waals surface area contributed by atoms with Gasteiger partial charge in [0.2, 0.25) is 0 Å². The Morgan fingerprint density at radius 3 is 2.53 bits per heavy atom. The molecular formula is C30H33N5O. The summed E-state index contributed by atoms with van der Waals surface area (Å²) in [6, 6.07) is 25.1. The Morgan fingerprint density at radius 2 is 1.69 bits per heavy atom. The molecule has 1 aromatic heterocycles. The Morgan fingerprint density at radius 1 is 0.917 bits per heavy atom. The summed E-state index contributed by atoms with van der Waals surface area (Å²) in [7, 11) is 0. The van der Waals surface area contributed by atoms with Crippen molar-refractivity contribution >= 4 is 34.0 Å². The van der Waals surface area contributed by atoms with Crippen LogP contribution in [-0.4, -0.2) is 54.7 Å². The summed E-state index contributed by atoms with van der Waals surface area (Å²) in [6.07, 6.45) is 3.99. The van der Waals surface area contributed by atoms with E-state index in [0.717, 1.165) is 56.9 Å². The van der Waals surface area contributed by atoms with Gasteiger partial charge >= 0.3 is 6.03 Å². The first-order chi connectivity index (χ1) is 17.7. The number of amides is 2. The fourth-order valence-corrected chi connectivity index (χ4v) is 5.69. The van der Waals surface area contributed by atoms with Crippen molar-refractivity contribution < 1.29 is 4.79 Å². The van der Waals surface area contributed by atoms with Gasteiger partial charge in [0.25, 0.3) is 0 Å². The van der Waals surface area contributed by atoms with Crippen molar-refractivity contribution in [3.05, 3.63) is 90.1 Å². The van der Waals surface area contributed by atoms with Crippen LogP contribution in [0.25, 0.3) is 10.9 Å². The number of aryl methyl sites for hydroxylation is 2. The standard InChI is InChI=1S/C30H33N5O/c1-22-9-12-24(13-10-22)32-30(36)35-25(14-11-23-5-2-3-7-28(23)35)21-33-17-19-34(20-18-33)29-8-4-6-27-26(29)15-16-31-27/h2-10,12-13,15-16,25,31H,11,14,17-21H2,1H3,(H,32,36). The number of carbonyl (C=O) groups excluding carboxylic acids is 1. The second-order valence-electron chi connectivity index (χ2n) is 9.99. The van der Waals surface area contributed by atoms with E-state index in [0.29, 0.717) is 0 Å². The van der Waals surface area contributed by atoms with Crippen LogP contribution in [0, 0.1) is 6.92 Å². The van der Waals surface area contributed by atoms with Crippen molar-refractivity contribution in [1.82, 2.24) is 9.88 Å². The molecule has 36 heavy (non-hydrogen) atoms. The fourth-order valence-electron chi connectivity index (χ4n) is 5.69. The average Bonchev–Trinajstić information content (AvgIpc) is 3.39. The van der Waals surface area contributed by atoms with Crippen molar-refractivity contribution in [3.8, 4) is 0 Å². The van der Waals surface area contributed by atoms with Gasteiger partial charge in [-0.2, -0.15) is 0 Å². The number of aromatic nitrogens is 1. The Balaban J connectivity index is 1.17. The number of piperazine rings is 1. The molecule has 3 aromatic carbocycles. The molecule has 1 saturated heterocycles. The second-order valence-corrected chi connectivity index (χ2v) is 9.99. The zero-order valence-electron chi connectivity index (χ0n) is 20.8. The second kappa shape index (κ2) is 9.70. The zero-order valence-corrected chi connectivity index (χ0v) is 20.8. The number of rotatable bonds is 4. The van der Waals surface area contributed by atoms with Gasteiger partial charge in [0.15, 0.2) is 0 Å². The molecule has 3 heterocycles. The zero-order chi connectivity index (χ0) is 24.5. The minimum atomic E-state index is -0.0474. The summed E-state index contributed by atoms with van der Waals surface area (Å²) in [5.74, 6) is 0. The maximum atomic E-state index is 13.6. The molecule has 2 N–H and O–H groups in total. The van der Waals surface area contributed by atoms with E-state index in [1.165, 1.54) is 27.7 Å². The highest BCUT2D eigenvalue weighted by Gasteiger charge is 2.33. The molecule has 0 saturated carbocycles. The first-order valence-electron chi connectivity index (χ1n) is 12.9. The Kier molecular flexibility index (Phi) is 6.11. The highest BCUT2D eigenvalue weighted by molar-refractivity contribution is 6.03. The van der Waals surface area contributed by atoms with Crippen LogP contribution in [0.1, 0.15) is 17.5 Å². The first-order valence-corrected chi connectivity index (χ1v) is 12.9. The molecule has 1 unspecified atom stereocenters. The molecule has 4 aromatic rings. The smallest absolute Gasteiger partial charge is 0.326 e. The van der Waals surface area contributed by atoms with E-state index >= 15 is 0 Å². The van der Waals surface area contributed by atoms with Crippen LogP contribution in [0.3, 0.4) is 0 Å². The number of H-pyrrole nitrogens is 1. The minimum Gasteiger partial charge on any atom is -0.368 e. The summed E-state index contributed by atoms with van der Waals surface area (Å²) >= 11 is 0. The molecule has 184 valence electrons. The highest BCUT2D eigenvalue weighted by Crippen LogP contribution is 2.32. The quantitative estimate of drug-likeness (QED) is 0.398. The van der Waals surface area contributed by atoms with Crippen LogP contribution in [0.5, 0.6) is 0 Å². The Hall–Kier alpha value is -3.77. The molecule has 2 aliphatic heterocycles. The molecular weight excluding hydrogens is 446 g/mol. The van der Waals surface area contributed by atoms with Gasteiger partial charge in [-0.3, -0.25) is 9.80 Å². The van der Waals surface area contributed by atoms with Crippen molar-refractivity contribution in [2.45, 2.75) is 25.8 Å². The minimum absolute atomic E-state index is 0.0474. The third kappa shape index (κ3) is 4.44. The van der Waals surface area contributed by atoms with Crippen molar-refractivity contribution in [2.75, 3.05) is 47.8 Å². The van der Waals surface area contributed by atoms with Gasteiger partial charge in [-0.25, -0.2) is 4.79 Å². The van der Waals surface area contributed by atoms with Crippen molar-refractivity contribution in [2.24, 2.45) is 0 Å². The number of para-hydroxylation sites is 1. The third-order valence-corrected chi connectivity index (χ3v) is 7.64. The number of benzene rings is 3. The molecule has 0 aliphatic carbocycles. The van der Waals surface area contributed by atoms with Crippen LogP contribution in [0.2, 0.25) is 0 Å². The molecule has 6 heteroatoms. The van der Waals surface area contributed by atoms with Crippen molar-refractivity contribution in [3.63, 3.8) is 0 Å². The lowest BCUT2D eigenvalue weighted by molar-refractivity contribution is 0.225. The maximum Gasteiger partial charge on any atom is 0.326 e. The largest absolute Gasteiger partial charge is 0.368 e. The fraction of sp³-hybridized carbons (Fsp3) is 0.300. The van der Waals surface area contributed by atoms with Crippen LogP contribution < -0.4 is 15.1 Å². The predicted molar refractivity (Wildman–Crippen MR) is 148 cm³/mol. The molecule has 1 fully saturated rings. The van der Waals surface area contributed by atoms with Crippen LogP contribution in [0.4, 0.5) is 21.9 Å². The number of aromatic amines is 1. The lowest BCUT2D eigenvalue weighted by Gasteiger charge is -2.42. The van der Waals surface area contributed by atoms with Gasteiger partial charge in [0.05, 0.1) is 6.04 Å². The van der Waals surface area contributed by atoms with Gasteiger partial charge in [-0.05, 0) is 61.7 Å². The molecule has 2 aliphatic rings. The Labute approximate surface area is 212 Å². The van der Waals surface area contributed by atoms with E-state index in [2.05, 4.69) is 69.5 Å². The molecule has 1 atom stereocenters. The number of hydrogen-bond donors (Lipinski definition) is 2. The molecule has 6 rings (SSSR count). The normalized spacial score (nSPS) is 18.3. The maximum absolute atomic E-state index is 13.6. The molecule has 2 amide bonds. The molecule has 0 spiro atoms. The molecule has 0 bridgehead atoms. The lowest BCUT2D eigenvalue weighted by Crippen LogP contribution is -2.55. The van der Waals surface area contributed by atoms with E-state index in [4.69, 9.17) is 0 Å². The van der Waals surface area contributed by atoms with E-state index in [1.54, 1.807) is 0 Å². The highest BCUT2D eigenvalue weighted by atomic mass is 16.2. The van der Waals surface area contributed by atoms with E-state index < -0.39 is 0 Å². The summed E-state index contributed by atoms with van der Waals surface area (Å²) in [6.45, 7) is 6.91. The number of nitrogens with one attached hydrogen (secondary N) is 2. The van der Waals surface area contributed by atoms with Gasteiger partial charge in [-0.1, -0.05) is 42.0 Å². The van der Waals surface area contributed by atoms with E-state index in [9.17, 15) is 4.79 Å². The van der Waals surface area contributed by atoms with Crippen LogP contribution in [-0.2, 0) is 6.42 Å². The number of urea groups is 1. The number of carbonyl (C=O) groups is 1. The van der Waals surface area contributed by atoms with E-state index in [1.807, 2.05) is 41.4 Å². The van der Waals surface area contributed by atoms with Gasteiger partial charge in [0, 0.05) is 66.9 Å². The first kappa shape index (κ1) is 22.7. The Bertz CT molecular complexity index is 1350. The van der Waals surface area contributed by atoms with Gasteiger partial charge < -0.3 is 15.2 Å². The van der Waals surface area contributed by atoms with E-state index in [-0.39, 0.29) is 12.1 Å². The summed E-state index contributed by atoms with van der Waals surface area (Å²) in [5.41, 5.74) is 6.79. The molecule has 6 nitrogen and oxygen atoms in total. The summed E-state index contributed by atoms with van der Waals surface area (Å²) < 4.78 is 0. The third-order valence-electron chi connectivity index (χ3n) is 7.64. The van der Waals surface area contributed by atoms with Crippen molar-refractivity contribution in [1.29, 1.82) is 0 Å². The van der Waals surface area contributed by atoms with Crippen LogP contribution in [0.15, 0.2) is 79.0 Å². The average molecular weight is 480 g/mol. The number of fused-ring (bicyclic) bond motifs is 2. The summed E-state index contributed by atoms with van der Waals surface area (Å²) in [4.78, 5) is 23.9. The number of anilines is 3. The number of hydrogen-bond acceptors (Lipinski definition) is 3. The number of nitrogens with zero attached hydrogens (tertiary/aromatic N) is 3. The lowest BCUT2D eigenvalue weighted by atomic mass is 9.95. The summed E-state index contributed by atoms with van der Waals surface area (Å²) in [5, 5.41) is 4.43. The van der Waals surface area contributed by atoms with Crippen LogP contribution >= 0.6 is 0 Å². The predicted octanol–water partition coefficient (Wildman–Crippen LogP) is 5.65. The topological polar surface area (TPSA) is 54.6 Å².